The van der Waals surface area contributed by atoms with Crippen LogP contribution in [0.15, 0.2) is 30.3 Å². The highest BCUT2D eigenvalue weighted by Crippen LogP contribution is 2.22. The van der Waals surface area contributed by atoms with E-state index >= 15 is 0 Å². The summed E-state index contributed by atoms with van der Waals surface area (Å²) in [5, 5.41) is 13.0. The van der Waals surface area contributed by atoms with Crippen LogP contribution in [0, 0.1) is 0 Å². The van der Waals surface area contributed by atoms with Gasteiger partial charge in [0.2, 0.25) is 0 Å². The van der Waals surface area contributed by atoms with E-state index < -0.39 is 6.10 Å². The number of nitrogens with one attached hydrogen (secondary N) is 1. The number of benzene rings is 1. The van der Waals surface area contributed by atoms with Gasteiger partial charge in [-0.2, -0.15) is 0 Å². The molecule has 0 radical (unpaired) electrons. The molecule has 2 aromatic rings. The maximum Gasteiger partial charge on any atom is 0.270 e. The minimum Gasteiger partial charge on any atom is -0.392 e. The van der Waals surface area contributed by atoms with Crippen LogP contribution in [0.3, 0.4) is 0 Å². The minimum atomic E-state index is -0.593. The number of amides is 1. The van der Waals surface area contributed by atoms with Crippen molar-refractivity contribution in [2.45, 2.75) is 13.0 Å². The van der Waals surface area contributed by atoms with Crippen LogP contribution < -0.4 is 5.32 Å². The molecule has 1 heterocycles. The van der Waals surface area contributed by atoms with Crippen molar-refractivity contribution in [3.8, 4) is 0 Å². The molecule has 1 amide bonds. The van der Waals surface area contributed by atoms with Crippen molar-refractivity contribution in [3.63, 3.8) is 0 Å². The number of fused-ring (bicyclic) bond motifs is 1. The largest absolute Gasteiger partial charge is 0.392 e. The molecule has 0 bridgehead atoms. The average Bonchev–Trinajstić information content (AvgIpc) is 2.36. The first-order valence-corrected chi connectivity index (χ1v) is 5.97. The summed E-state index contributed by atoms with van der Waals surface area (Å²) in [6.45, 7) is 1.78. The molecule has 1 atom stereocenters. The van der Waals surface area contributed by atoms with Gasteiger partial charge in [0.15, 0.2) is 0 Å². The van der Waals surface area contributed by atoms with Crippen LogP contribution in [0.2, 0.25) is 5.02 Å². The van der Waals surface area contributed by atoms with E-state index in [2.05, 4.69) is 10.3 Å². The summed E-state index contributed by atoms with van der Waals surface area (Å²) in [5.41, 5.74) is 0.923. The monoisotopic (exact) mass is 264 g/mol. The van der Waals surface area contributed by atoms with E-state index in [9.17, 15) is 4.79 Å². The number of rotatable bonds is 3. The van der Waals surface area contributed by atoms with E-state index in [0.717, 1.165) is 5.39 Å². The fourth-order valence-electron chi connectivity index (χ4n) is 1.58. The van der Waals surface area contributed by atoms with Crippen LogP contribution in [0.1, 0.15) is 17.4 Å². The van der Waals surface area contributed by atoms with Crippen molar-refractivity contribution >= 4 is 28.4 Å². The zero-order chi connectivity index (χ0) is 13.1. The number of halogens is 1. The van der Waals surface area contributed by atoms with E-state index in [0.29, 0.717) is 10.5 Å². The van der Waals surface area contributed by atoms with Crippen LogP contribution in [-0.4, -0.2) is 28.6 Å². The van der Waals surface area contributed by atoms with Crippen molar-refractivity contribution in [1.29, 1.82) is 0 Å². The minimum absolute atomic E-state index is 0.185. The molecule has 4 nitrogen and oxygen atoms in total. The second-order valence-corrected chi connectivity index (χ2v) is 4.47. The van der Waals surface area contributed by atoms with Gasteiger partial charge in [0.1, 0.15) is 5.69 Å². The molecule has 0 aliphatic carbocycles. The topological polar surface area (TPSA) is 62.2 Å². The van der Waals surface area contributed by atoms with Gasteiger partial charge in [0.05, 0.1) is 16.6 Å². The van der Waals surface area contributed by atoms with Crippen LogP contribution in [0.4, 0.5) is 0 Å². The molecule has 1 aromatic heterocycles. The Balaban J connectivity index is 2.31. The normalized spacial score (nSPS) is 12.4. The highest BCUT2D eigenvalue weighted by atomic mass is 35.5. The fourth-order valence-corrected chi connectivity index (χ4v) is 1.84. The summed E-state index contributed by atoms with van der Waals surface area (Å²) in [7, 11) is 0. The number of para-hydroxylation sites is 1. The van der Waals surface area contributed by atoms with Gasteiger partial charge in [0, 0.05) is 11.9 Å². The Morgan fingerprint density at radius 3 is 2.94 bits per heavy atom. The van der Waals surface area contributed by atoms with Crippen molar-refractivity contribution in [2.24, 2.45) is 0 Å². The highest BCUT2D eigenvalue weighted by Gasteiger charge is 2.11. The maximum atomic E-state index is 11.8. The zero-order valence-corrected chi connectivity index (χ0v) is 10.6. The van der Waals surface area contributed by atoms with E-state index in [4.69, 9.17) is 16.7 Å². The predicted molar refractivity (Wildman–Crippen MR) is 70.8 cm³/mol. The molecule has 0 aliphatic rings. The SMILES string of the molecule is C[C@@H](O)CNC(=O)c1cc(Cl)c2ccccc2n1. The second-order valence-electron chi connectivity index (χ2n) is 4.07. The average molecular weight is 265 g/mol. The zero-order valence-electron chi connectivity index (χ0n) is 9.85. The maximum absolute atomic E-state index is 11.8. The van der Waals surface area contributed by atoms with Gasteiger partial charge in [-0.15, -0.1) is 0 Å². The number of carbonyl (C=O) groups excluding carboxylic acids is 1. The molecule has 0 fully saturated rings. The van der Waals surface area contributed by atoms with Gasteiger partial charge < -0.3 is 10.4 Å². The second kappa shape index (κ2) is 5.33. The number of hydrogen-bond donors (Lipinski definition) is 2. The molecule has 2 N–H and O–H groups in total. The lowest BCUT2D eigenvalue weighted by atomic mass is 10.2. The number of aliphatic hydroxyl groups is 1. The Morgan fingerprint density at radius 2 is 2.22 bits per heavy atom. The fraction of sp³-hybridized carbons (Fsp3) is 0.231. The summed E-state index contributed by atoms with van der Waals surface area (Å²) in [5.74, 6) is -0.344. The lowest BCUT2D eigenvalue weighted by Gasteiger charge is -2.08. The van der Waals surface area contributed by atoms with Gasteiger partial charge >= 0.3 is 0 Å². The number of pyridine rings is 1. The molecule has 0 aliphatic heterocycles. The lowest BCUT2D eigenvalue weighted by Crippen LogP contribution is -2.31. The van der Waals surface area contributed by atoms with Crippen LogP contribution in [-0.2, 0) is 0 Å². The third-order valence-corrected chi connectivity index (χ3v) is 2.77. The molecule has 94 valence electrons. The molecule has 2 rings (SSSR count). The van der Waals surface area contributed by atoms with Gasteiger partial charge in [-0.3, -0.25) is 4.79 Å². The summed E-state index contributed by atoms with van der Waals surface area (Å²) < 4.78 is 0. The summed E-state index contributed by atoms with van der Waals surface area (Å²) in [6.07, 6.45) is -0.593. The van der Waals surface area contributed by atoms with Gasteiger partial charge in [-0.1, -0.05) is 29.8 Å². The highest BCUT2D eigenvalue weighted by molar-refractivity contribution is 6.35. The van der Waals surface area contributed by atoms with Gasteiger partial charge in [0.25, 0.3) is 5.91 Å². The van der Waals surface area contributed by atoms with E-state index in [1.54, 1.807) is 13.0 Å². The smallest absolute Gasteiger partial charge is 0.270 e. The molecule has 0 unspecified atom stereocenters. The van der Waals surface area contributed by atoms with Crippen molar-refractivity contribution in [3.05, 3.63) is 41.0 Å². The molecular weight excluding hydrogens is 252 g/mol. The molecule has 5 heteroatoms. The standard InChI is InChI=1S/C13H13ClN2O2/c1-8(17)7-15-13(18)12-6-10(14)9-4-2-3-5-11(9)16-12/h2-6,8,17H,7H2,1H3,(H,15,18)/t8-/m1/s1. The summed E-state index contributed by atoms with van der Waals surface area (Å²) in [6, 6.07) is 8.88. The Morgan fingerprint density at radius 1 is 1.50 bits per heavy atom. The van der Waals surface area contributed by atoms with E-state index in [1.165, 1.54) is 6.07 Å². The summed E-state index contributed by atoms with van der Waals surface area (Å²) in [4.78, 5) is 16.0. The molecule has 0 saturated carbocycles. The number of nitrogens with zero attached hydrogens (tertiary/aromatic N) is 1. The number of aliphatic hydroxyl groups excluding tert-OH is 1. The number of aromatic nitrogens is 1. The van der Waals surface area contributed by atoms with Crippen molar-refractivity contribution < 1.29 is 9.90 Å². The van der Waals surface area contributed by atoms with Crippen LogP contribution in [0.5, 0.6) is 0 Å². The Hall–Kier alpha value is -1.65. The van der Waals surface area contributed by atoms with E-state index in [-0.39, 0.29) is 18.1 Å². The predicted octanol–water partition coefficient (Wildman–Crippen LogP) is 2.00. The quantitative estimate of drug-likeness (QED) is 0.891. The first kappa shape index (κ1) is 12.8. The Bertz CT molecular complexity index is 584. The first-order valence-electron chi connectivity index (χ1n) is 5.59. The first-order chi connectivity index (χ1) is 8.58. The number of carbonyl (C=O) groups is 1. The van der Waals surface area contributed by atoms with Gasteiger partial charge in [-0.05, 0) is 19.1 Å². The third kappa shape index (κ3) is 2.78. The van der Waals surface area contributed by atoms with Crippen LogP contribution in [0.25, 0.3) is 10.9 Å². The summed E-state index contributed by atoms with van der Waals surface area (Å²) >= 11 is 6.10. The molecule has 0 spiro atoms. The van der Waals surface area contributed by atoms with Gasteiger partial charge in [-0.25, -0.2) is 4.98 Å². The van der Waals surface area contributed by atoms with Crippen LogP contribution >= 0.6 is 11.6 Å². The molecule has 18 heavy (non-hydrogen) atoms. The molecule has 1 aromatic carbocycles. The third-order valence-electron chi connectivity index (χ3n) is 2.46. The van der Waals surface area contributed by atoms with E-state index in [1.807, 2.05) is 18.2 Å². The Labute approximate surface area is 110 Å². The van der Waals surface area contributed by atoms with Crippen molar-refractivity contribution in [1.82, 2.24) is 10.3 Å². The van der Waals surface area contributed by atoms with Crippen molar-refractivity contribution in [2.75, 3.05) is 6.54 Å². The Kier molecular flexibility index (Phi) is 3.79. The lowest BCUT2D eigenvalue weighted by molar-refractivity contribution is 0.0919. The molecular formula is C13H13ClN2O2. The number of hydrogen-bond acceptors (Lipinski definition) is 3. The molecule has 0 saturated heterocycles.